The van der Waals surface area contributed by atoms with E-state index in [0.29, 0.717) is 10.2 Å². The summed E-state index contributed by atoms with van der Waals surface area (Å²) in [6, 6.07) is 3.84. The first kappa shape index (κ1) is 11.2. The lowest BCUT2D eigenvalue weighted by atomic mass is 9.83. The lowest BCUT2D eigenvalue weighted by Crippen LogP contribution is -2.17. The van der Waals surface area contributed by atoms with E-state index in [-0.39, 0.29) is 11.7 Å². The molecule has 0 fully saturated rings. The number of thiophene rings is 1. The highest BCUT2D eigenvalue weighted by molar-refractivity contribution is 9.10. The van der Waals surface area contributed by atoms with Gasteiger partial charge in [0.05, 0.1) is 11.8 Å². The second-order valence-electron chi connectivity index (χ2n) is 4.22. The number of hydrogen-bond donors (Lipinski definition) is 0. The number of rotatable bonds is 2. The topological polar surface area (TPSA) is 30.2 Å². The molecule has 1 aliphatic carbocycles. The van der Waals surface area contributed by atoms with Gasteiger partial charge in [-0.15, -0.1) is 11.3 Å². The van der Waals surface area contributed by atoms with Gasteiger partial charge in [0.15, 0.2) is 10.5 Å². The van der Waals surface area contributed by atoms with Crippen molar-refractivity contribution in [2.75, 3.05) is 0 Å². The summed E-state index contributed by atoms with van der Waals surface area (Å²) in [5, 5.41) is 2.08. The van der Waals surface area contributed by atoms with Gasteiger partial charge in [0.2, 0.25) is 0 Å². The second kappa shape index (κ2) is 4.42. The zero-order valence-corrected chi connectivity index (χ0v) is 11.5. The van der Waals surface area contributed by atoms with Crippen LogP contribution >= 0.6 is 27.3 Å². The molecule has 0 amide bonds. The SMILES string of the molecule is O=C(c1ccoc1Br)C1CCCc2sccc21. The van der Waals surface area contributed by atoms with Gasteiger partial charge in [-0.25, -0.2) is 0 Å². The summed E-state index contributed by atoms with van der Waals surface area (Å²) in [6.45, 7) is 0. The molecule has 0 radical (unpaired) electrons. The van der Waals surface area contributed by atoms with E-state index in [1.54, 1.807) is 23.7 Å². The predicted octanol–water partition coefficient (Wildman–Crippen LogP) is 4.41. The van der Waals surface area contributed by atoms with Gasteiger partial charge in [-0.2, -0.15) is 0 Å². The molecule has 0 bridgehead atoms. The van der Waals surface area contributed by atoms with E-state index in [2.05, 4.69) is 27.4 Å². The van der Waals surface area contributed by atoms with E-state index in [0.717, 1.165) is 19.3 Å². The molecule has 1 aliphatic rings. The molecule has 1 unspecified atom stereocenters. The van der Waals surface area contributed by atoms with Gasteiger partial charge in [-0.3, -0.25) is 4.79 Å². The van der Waals surface area contributed by atoms with Crippen LogP contribution in [0.25, 0.3) is 0 Å². The fourth-order valence-corrected chi connectivity index (χ4v) is 3.84. The Balaban J connectivity index is 1.97. The Kier molecular flexibility index (Phi) is 2.92. The van der Waals surface area contributed by atoms with Gasteiger partial charge in [0.1, 0.15) is 0 Å². The van der Waals surface area contributed by atoms with Gasteiger partial charge >= 0.3 is 0 Å². The van der Waals surface area contributed by atoms with Crippen LogP contribution < -0.4 is 0 Å². The Hall–Kier alpha value is -0.870. The minimum atomic E-state index is 0.0129. The van der Waals surface area contributed by atoms with E-state index >= 15 is 0 Å². The molecular formula is C13H11BrO2S. The second-order valence-corrected chi connectivity index (χ2v) is 5.94. The molecule has 0 saturated carbocycles. The number of carbonyl (C=O) groups is 1. The van der Waals surface area contributed by atoms with E-state index in [1.165, 1.54) is 10.4 Å². The molecule has 0 saturated heterocycles. The third-order valence-corrected chi connectivity index (χ3v) is 4.86. The molecule has 17 heavy (non-hydrogen) atoms. The van der Waals surface area contributed by atoms with Crippen LogP contribution in [0.15, 0.2) is 32.9 Å². The number of ketones is 1. The van der Waals surface area contributed by atoms with Crippen LogP contribution in [-0.2, 0) is 6.42 Å². The third kappa shape index (κ3) is 1.89. The maximum atomic E-state index is 12.5. The molecule has 88 valence electrons. The first-order valence-corrected chi connectivity index (χ1v) is 7.28. The van der Waals surface area contributed by atoms with Crippen LogP contribution in [0.5, 0.6) is 0 Å². The summed E-state index contributed by atoms with van der Waals surface area (Å²) in [5.41, 5.74) is 1.88. The number of fused-ring (bicyclic) bond motifs is 1. The van der Waals surface area contributed by atoms with Crippen LogP contribution in [0.3, 0.4) is 0 Å². The van der Waals surface area contributed by atoms with Crippen molar-refractivity contribution in [3.05, 3.63) is 44.4 Å². The number of halogens is 1. The van der Waals surface area contributed by atoms with Crippen molar-refractivity contribution in [3.63, 3.8) is 0 Å². The van der Waals surface area contributed by atoms with Crippen molar-refractivity contribution < 1.29 is 9.21 Å². The lowest BCUT2D eigenvalue weighted by molar-refractivity contribution is 0.0949. The number of carbonyl (C=O) groups excluding carboxylic acids is 1. The van der Waals surface area contributed by atoms with Crippen LogP contribution in [0.4, 0.5) is 0 Å². The zero-order chi connectivity index (χ0) is 11.8. The highest BCUT2D eigenvalue weighted by Crippen LogP contribution is 2.38. The highest BCUT2D eigenvalue weighted by Gasteiger charge is 2.29. The van der Waals surface area contributed by atoms with Crippen LogP contribution in [0.2, 0.25) is 0 Å². The zero-order valence-electron chi connectivity index (χ0n) is 9.11. The van der Waals surface area contributed by atoms with Crippen LogP contribution in [0, 0.1) is 0 Å². The first-order chi connectivity index (χ1) is 8.27. The molecule has 0 aromatic carbocycles. The molecule has 4 heteroatoms. The van der Waals surface area contributed by atoms with Crippen molar-refractivity contribution in [3.8, 4) is 0 Å². The van der Waals surface area contributed by atoms with Gasteiger partial charge < -0.3 is 4.42 Å². The molecule has 0 spiro atoms. The van der Waals surface area contributed by atoms with Gasteiger partial charge in [0, 0.05) is 10.8 Å². The predicted molar refractivity (Wildman–Crippen MR) is 70.7 cm³/mol. The van der Waals surface area contributed by atoms with Crippen molar-refractivity contribution in [1.29, 1.82) is 0 Å². The summed E-state index contributed by atoms with van der Waals surface area (Å²) in [6.07, 6.45) is 4.71. The summed E-state index contributed by atoms with van der Waals surface area (Å²) in [7, 11) is 0. The normalized spacial score (nSPS) is 19.0. The average Bonchev–Trinajstić information content (AvgIpc) is 2.95. The molecular weight excluding hydrogens is 300 g/mol. The first-order valence-electron chi connectivity index (χ1n) is 5.61. The molecule has 2 nitrogen and oxygen atoms in total. The van der Waals surface area contributed by atoms with E-state index < -0.39 is 0 Å². The Labute approximate surface area is 112 Å². The maximum absolute atomic E-state index is 12.5. The monoisotopic (exact) mass is 310 g/mol. The Morgan fingerprint density at radius 2 is 2.35 bits per heavy atom. The molecule has 1 atom stereocenters. The van der Waals surface area contributed by atoms with Crippen LogP contribution in [0.1, 0.15) is 39.6 Å². The van der Waals surface area contributed by atoms with Gasteiger partial charge in [-0.1, -0.05) is 0 Å². The molecule has 2 heterocycles. The Morgan fingerprint density at radius 3 is 3.12 bits per heavy atom. The minimum absolute atomic E-state index is 0.0129. The summed E-state index contributed by atoms with van der Waals surface area (Å²) < 4.78 is 5.69. The number of hydrogen-bond acceptors (Lipinski definition) is 3. The quantitative estimate of drug-likeness (QED) is 0.769. The summed E-state index contributed by atoms with van der Waals surface area (Å²) in [5.74, 6) is 0.184. The minimum Gasteiger partial charge on any atom is -0.457 e. The van der Waals surface area contributed by atoms with Crippen molar-refractivity contribution in [2.24, 2.45) is 0 Å². The van der Waals surface area contributed by atoms with Crippen molar-refractivity contribution >= 4 is 33.0 Å². The highest BCUT2D eigenvalue weighted by atomic mass is 79.9. The standard InChI is InChI=1S/C13H11BrO2S/c14-13-10(4-6-16-13)12(15)9-2-1-3-11-8(9)5-7-17-11/h4-7,9H,1-3H2. The van der Waals surface area contributed by atoms with Gasteiger partial charge in [0.25, 0.3) is 0 Å². The van der Waals surface area contributed by atoms with Crippen molar-refractivity contribution in [2.45, 2.75) is 25.2 Å². The number of Topliss-reactive ketones (excluding diaryl/α,β-unsaturated/α-hetero) is 1. The van der Waals surface area contributed by atoms with E-state index in [9.17, 15) is 4.79 Å². The molecule has 0 N–H and O–H groups in total. The smallest absolute Gasteiger partial charge is 0.179 e. The lowest BCUT2D eigenvalue weighted by Gasteiger charge is -2.20. The number of furan rings is 1. The third-order valence-electron chi connectivity index (χ3n) is 3.25. The molecule has 3 rings (SSSR count). The fraction of sp³-hybridized carbons (Fsp3) is 0.308. The average molecular weight is 311 g/mol. The van der Waals surface area contributed by atoms with Gasteiger partial charge in [-0.05, 0) is 58.3 Å². The molecule has 2 aromatic rings. The van der Waals surface area contributed by atoms with E-state index in [4.69, 9.17) is 4.42 Å². The Morgan fingerprint density at radius 1 is 1.47 bits per heavy atom. The van der Waals surface area contributed by atoms with Crippen molar-refractivity contribution in [1.82, 2.24) is 0 Å². The number of aryl methyl sites for hydroxylation is 1. The molecule has 0 aliphatic heterocycles. The fourth-order valence-electron chi connectivity index (χ4n) is 2.42. The summed E-state index contributed by atoms with van der Waals surface area (Å²) in [4.78, 5) is 13.8. The van der Waals surface area contributed by atoms with E-state index in [1.807, 2.05) is 0 Å². The maximum Gasteiger partial charge on any atom is 0.179 e. The largest absolute Gasteiger partial charge is 0.457 e. The summed E-state index contributed by atoms with van der Waals surface area (Å²) >= 11 is 5.04. The Bertz CT molecular complexity index is 555. The van der Waals surface area contributed by atoms with Crippen LogP contribution in [-0.4, -0.2) is 5.78 Å². The molecule has 2 aromatic heterocycles.